The number of aromatic hydroxyl groups is 1. The highest BCUT2D eigenvalue weighted by Gasteiger charge is 2.49. The van der Waals surface area contributed by atoms with E-state index < -0.39 is 15.7 Å². The summed E-state index contributed by atoms with van der Waals surface area (Å²) in [4.78, 5) is 0.164. The first kappa shape index (κ1) is 27.2. The molecule has 0 spiro atoms. The van der Waals surface area contributed by atoms with Crippen LogP contribution >= 0.6 is 0 Å². The number of hydrogen-bond acceptors (Lipinski definition) is 5. The molecule has 2 aliphatic rings. The minimum absolute atomic E-state index is 0.0597. The van der Waals surface area contributed by atoms with Crippen molar-refractivity contribution in [3.05, 3.63) is 59.2 Å². The highest BCUT2D eigenvalue weighted by atomic mass is 32.2. The van der Waals surface area contributed by atoms with Crippen LogP contribution in [0.1, 0.15) is 81.9 Å². The Bertz CT molecular complexity index is 1140. The summed E-state index contributed by atoms with van der Waals surface area (Å²) in [5, 5.41) is 21.9. The van der Waals surface area contributed by atoms with E-state index in [2.05, 4.69) is 26.8 Å². The minimum atomic E-state index is -3.80. The van der Waals surface area contributed by atoms with Crippen molar-refractivity contribution in [2.45, 2.75) is 89.1 Å². The lowest BCUT2D eigenvalue weighted by atomic mass is 9.55. The van der Waals surface area contributed by atoms with E-state index in [0.717, 1.165) is 31.2 Å². The van der Waals surface area contributed by atoms with E-state index in [1.54, 1.807) is 30.3 Å². The molecule has 0 amide bonds. The van der Waals surface area contributed by atoms with Crippen molar-refractivity contribution in [2.75, 3.05) is 6.61 Å². The zero-order chi connectivity index (χ0) is 26.1. The van der Waals surface area contributed by atoms with Gasteiger partial charge in [0.15, 0.2) is 0 Å². The van der Waals surface area contributed by atoms with Crippen LogP contribution < -0.4 is 0 Å². The summed E-state index contributed by atoms with van der Waals surface area (Å²) in [5.74, 6) is 2.59. The molecule has 0 aromatic heterocycles. The molecule has 6 heteroatoms. The Balaban J connectivity index is 1.47. The lowest BCUT2D eigenvalue weighted by Gasteiger charge is -2.52. The van der Waals surface area contributed by atoms with Gasteiger partial charge in [0, 0.05) is 0 Å². The second-order valence-electron chi connectivity index (χ2n) is 11.8. The van der Waals surface area contributed by atoms with Crippen molar-refractivity contribution in [3.8, 4) is 5.75 Å². The van der Waals surface area contributed by atoms with E-state index in [9.17, 15) is 18.6 Å². The molecule has 2 aromatic carbocycles. The molecule has 1 saturated carbocycles. The summed E-state index contributed by atoms with van der Waals surface area (Å²) in [7, 11) is -3.80. The van der Waals surface area contributed by atoms with Gasteiger partial charge in [0.25, 0.3) is 10.1 Å². The van der Waals surface area contributed by atoms with Gasteiger partial charge in [-0.1, -0.05) is 51.0 Å². The predicted octanol–water partition coefficient (Wildman–Crippen LogP) is 6.36. The van der Waals surface area contributed by atoms with Crippen LogP contribution in [0.5, 0.6) is 5.75 Å². The predicted molar refractivity (Wildman–Crippen MR) is 143 cm³/mol. The van der Waals surface area contributed by atoms with Gasteiger partial charge in [-0.3, -0.25) is 4.18 Å². The number of phenolic OH excluding ortho intramolecular Hbond substituents is 1. The number of rotatable bonds is 9. The van der Waals surface area contributed by atoms with Gasteiger partial charge in [-0.15, -0.1) is 0 Å². The maximum absolute atomic E-state index is 12.6. The van der Waals surface area contributed by atoms with Crippen LogP contribution in [0.2, 0.25) is 0 Å². The van der Waals surface area contributed by atoms with Gasteiger partial charge in [-0.25, -0.2) is 0 Å². The van der Waals surface area contributed by atoms with E-state index in [1.165, 1.54) is 11.1 Å². The van der Waals surface area contributed by atoms with Gasteiger partial charge in [0.1, 0.15) is 5.75 Å². The average molecular weight is 515 g/mol. The largest absolute Gasteiger partial charge is 0.508 e. The summed E-state index contributed by atoms with van der Waals surface area (Å²) >= 11 is 0. The van der Waals surface area contributed by atoms with Crippen molar-refractivity contribution in [3.63, 3.8) is 0 Å². The fourth-order valence-electron chi connectivity index (χ4n) is 6.76. The Hall–Kier alpha value is -1.89. The molecule has 0 bridgehead atoms. The van der Waals surface area contributed by atoms with Gasteiger partial charge in [0.2, 0.25) is 0 Å². The van der Waals surface area contributed by atoms with Crippen LogP contribution in [0.15, 0.2) is 47.4 Å². The molecule has 2 aromatic rings. The molecule has 0 aliphatic heterocycles. The second kappa shape index (κ2) is 10.8. The van der Waals surface area contributed by atoms with Gasteiger partial charge in [-0.05, 0) is 110 Å². The number of aryl methyl sites for hydroxylation is 1. The smallest absolute Gasteiger partial charge is 0.296 e. The van der Waals surface area contributed by atoms with Gasteiger partial charge in [0.05, 0.1) is 17.1 Å². The van der Waals surface area contributed by atoms with Crippen LogP contribution in [-0.2, 0) is 20.7 Å². The lowest BCUT2D eigenvalue weighted by Crippen LogP contribution is -2.47. The maximum atomic E-state index is 12.6. The van der Waals surface area contributed by atoms with Crippen LogP contribution in [0.3, 0.4) is 0 Å². The molecule has 36 heavy (non-hydrogen) atoms. The molecular weight excluding hydrogens is 472 g/mol. The van der Waals surface area contributed by atoms with Crippen LogP contribution in [0.25, 0.3) is 0 Å². The normalized spacial score (nSPS) is 28.1. The molecule has 5 nitrogen and oxygen atoms in total. The van der Waals surface area contributed by atoms with E-state index in [0.29, 0.717) is 48.7 Å². The zero-order valence-electron chi connectivity index (χ0n) is 22.1. The Labute approximate surface area is 217 Å². The monoisotopic (exact) mass is 514 g/mol. The first-order valence-corrected chi connectivity index (χ1v) is 14.9. The Morgan fingerprint density at radius 3 is 2.53 bits per heavy atom. The summed E-state index contributed by atoms with van der Waals surface area (Å²) in [5.41, 5.74) is 2.60. The molecule has 1 fully saturated rings. The van der Waals surface area contributed by atoms with Gasteiger partial charge >= 0.3 is 0 Å². The fourth-order valence-corrected chi connectivity index (χ4v) is 7.71. The molecule has 5 atom stereocenters. The van der Waals surface area contributed by atoms with Crippen LogP contribution in [0, 0.1) is 30.6 Å². The number of benzene rings is 2. The summed E-state index contributed by atoms with van der Waals surface area (Å²) in [6, 6.07) is 12.4. The standard InChI is InChI=1S/C30H42O5S/c1-20(2)6-9-23-18-30(32,14-5-15-35-36(33,34)26-11-7-21(3)8-12-26)19-28-27-13-10-25(31)17-24(27)16-22(4)29(23)28/h7-8,10-13,17,20,22-23,28-29,31-32H,5-6,9,14-16,18-19H2,1-4H3/t22?,23-,28+,29-,30+/m0/s1. The highest BCUT2D eigenvalue weighted by molar-refractivity contribution is 7.86. The third kappa shape index (κ3) is 6.15. The van der Waals surface area contributed by atoms with E-state index in [4.69, 9.17) is 4.18 Å². The lowest BCUT2D eigenvalue weighted by molar-refractivity contribution is -0.0697. The van der Waals surface area contributed by atoms with Crippen molar-refractivity contribution in [1.82, 2.24) is 0 Å². The van der Waals surface area contributed by atoms with Crippen molar-refractivity contribution in [2.24, 2.45) is 23.7 Å². The van der Waals surface area contributed by atoms with Gasteiger partial charge in [-0.2, -0.15) is 8.42 Å². The van der Waals surface area contributed by atoms with Crippen molar-refractivity contribution in [1.29, 1.82) is 0 Å². The topological polar surface area (TPSA) is 83.8 Å². The van der Waals surface area contributed by atoms with Crippen molar-refractivity contribution < 1.29 is 22.8 Å². The number of aliphatic hydroxyl groups is 1. The van der Waals surface area contributed by atoms with E-state index in [-0.39, 0.29) is 17.4 Å². The summed E-state index contributed by atoms with van der Waals surface area (Å²) in [6.45, 7) is 8.79. The number of fused-ring (bicyclic) bond motifs is 3. The quantitative estimate of drug-likeness (QED) is 0.301. The summed E-state index contributed by atoms with van der Waals surface area (Å²) in [6.07, 6.45) is 5.61. The molecule has 1 unspecified atom stereocenters. The maximum Gasteiger partial charge on any atom is 0.296 e. The molecule has 2 aliphatic carbocycles. The molecule has 0 heterocycles. The third-order valence-corrected chi connectivity index (χ3v) is 9.75. The Kier molecular flexibility index (Phi) is 8.18. The fraction of sp³-hybridized carbons (Fsp3) is 0.600. The first-order chi connectivity index (χ1) is 17.0. The number of hydrogen-bond donors (Lipinski definition) is 2. The molecule has 4 rings (SSSR count). The van der Waals surface area contributed by atoms with E-state index in [1.807, 2.05) is 13.0 Å². The van der Waals surface area contributed by atoms with E-state index >= 15 is 0 Å². The molecule has 2 N–H and O–H groups in total. The first-order valence-electron chi connectivity index (χ1n) is 13.5. The van der Waals surface area contributed by atoms with Crippen LogP contribution in [-0.4, -0.2) is 30.8 Å². The molecule has 0 radical (unpaired) electrons. The Morgan fingerprint density at radius 1 is 1.11 bits per heavy atom. The SMILES string of the molecule is Cc1ccc(S(=O)(=O)OCCC[C@@]2(O)C[C@H](CCC(C)C)[C@@H]3C(C)Cc4cc(O)ccc4[C@H]3C2)cc1. The highest BCUT2D eigenvalue weighted by Crippen LogP contribution is 2.55. The zero-order valence-corrected chi connectivity index (χ0v) is 22.9. The van der Waals surface area contributed by atoms with Crippen LogP contribution in [0.4, 0.5) is 0 Å². The summed E-state index contributed by atoms with van der Waals surface area (Å²) < 4.78 is 30.4. The number of phenols is 1. The van der Waals surface area contributed by atoms with Gasteiger partial charge < -0.3 is 10.2 Å². The third-order valence-electron chi connectivity index (χ3n) is 8.43. The molecular formula is C30H42O5S. The average Bonchev–Trinajstić information content (AvgIpc) is 2.80. The molecule has 198 valence electrons. The second-order valence-corrected chi connectivity index (χ2v) is 13.4. The Morgan fingerprint density at radius 2 is 1.83 bits per heavy atom. The molecule has 0 saturated heterocycles. The van der Waals surface area contributed by atoms with Crippen molar-refractivity contribution >= 4 is 10.1 Å². The minimum Gasteiger partial charge on any atom is -0.508 e.